The molecule has 0 aliphatic heterocycles. The highest BCUT2D eigenvalue weighted by molar-refractivity contribution is 5.75. The molecule has 0 spiro atoms. The van der Waals surface area contributed by atoms with Crippen LogP contribution in [0, 0.1) is 22.7 Å². The smallest absolute Gasteiger partial charge is 0.124 e. The van der Waals surface area contributed by atoms with Crippen LogP contribution in [-0.4, -0.2) is 6.21 Å². The maximum absolute atomic E-state index is 8.50. The summed E-state index contributed by atoms with van der Waals surface area (Å²) in [6.07, 6.45) is 1.10. The first-order chi connectivity index (χ1) is 6.36. The molecule has 0 atom stereocenters. The van der Waals surface area contributed by atoms with Gasteiger partial charge in [-0.05, 0) is 24.3 Å². The fraction of sp³-hybridized carbons (Fsp3) is 0. The molecule has 0 fully saturated rings. The van der Waals surface area contributed by atoms with Crippen molar-refractivity contribution in [2.75, 3.05) is 5.43 Å². The molecule has 0 unspecified atom stereocenters. The molecular weight excluding hydrogens is 164 g/mol. The van der Waals surface area contributed by atoms with Crippen LogP contribution in [0.4, 0.5) is 5.69 Å². The summed E-state index contributed by atoms with van der Waals surface area (Å²) in [6.45, 7) is 0. The summed E-state index contributed by atoms with van der Waals surface area (Å²) in [5.74, 6) is 0. The van der Waals surface area contributed by atoms with Gasteiger partial charge in [0.2, 0.25) is 0 Å². The molecule has 1 rings (SSSR count). The third-order valence-electron chi connectivity index (χ3n) is 1.33. The van der Waals surface area contributed by atoms with Crippen LogP contribution < -0.4 is 5.43 Å². The van der Waals surface area contributed by atoms with Gasteiger partial charge in [-0.25, -0.2) is 0 Å². The fourth-order valence-electron chi connectivity index (χ4n) is 0.755. The molecule has 0 amide bonds. The summed E-state index contributed by atoms with van der Waals surface area (Å²) < 4.78 is 0. The summed E-state index contributed by atoms with van der Waals surface area (Å²) in [7, 11) is 0. The maximum atomic E-state index is 8.50. The van der Waals surface area contributed by atoms with Gasteiger partial charge in [0.1, 0.15) is 12.3 Å². The van der Waals surface area contributed by atoms with E-state index in [0.29, 0.717) is 5.56 Å². The van der Waals surface area contributed by atoms with Gasteiger partial charge in [0.25, 0.3) is 0 Å². The second kappa shape index (κ2) is 4.53. The molecule has 0 saturated heterocycles. The Morgan fingerprint density at radius 3 is 2.46 bits per heavy atom. The fourth-order valence-corrected chi connectivity index (χ4v) is 0.755. The van der Waals surface area contributed by atoms with Crippen molar-refractivity contribution in [1.82, 2.24) is 0 Å². The van der Waals surface area contributed by atoms with Crippen molar-refractivity contribution in [3.63, 3.8) is 0 Å². The van der Waals surface area contributed by atoms with Crippen LogP contribution in [0.3, 0.4) is 0 Å². The van der Waals surface area contributed by atoms with E-state index in [-0.39, 0.29) is 0 Å². The molecule has 13 heavy (non-hydrogen) atoms. The molecule has 0 aliphatic carbocycles. The van der Waals surface area contributed by atoms with E-state index >= 15 is 0 Å². The molecule has 0 aliphatic rings. The van der Waals surface area contributed by atoms with E-state index in [0.717, 1.165) is 11.9 Å². The number of anilines is 1. The van der Waals surface area contributed by atoms with Gasteiger partial charge in [-0.15, -0.1) is 0 Å². The molecule has 4 nitrogen and oxygen atoms in total. The lowest BCUT2D eigenvalue weighted by Gasteiger charge is -1.97. The standard InChI is InChI=1S/C9H6N4/c10-5-6-12-13-9-3-1-8(7-11)2-4-9/h1-4,6,13H/b12-6+. The topological polar surface area (TPSA) is 72.0 Å². The molecule has 0 radical (unpaired) electrons. The van der Waals surface area contributed by atoms with Crippen molar-refractivity contribution in [3.05, 3.63) is 29.8 Å². The van der Waals surface area contributed by atoms with Crippen LogP contribution in [-0.2, 0) is 0 Å². The average Bonchev–Trinajstić information content (AvgIpc) is 2.19. The molecule has 1 aromatic carbocycles. The van der Waals surface area contributed by atoms with Crippen molar-refractivity contribution >= 4 is 11.9 Å². The Hall–Kier alpha value is -2.33. The van der Waals surface area contributed by atoms with E-state index in [2.05, 4.69) is 10.5 Å². The van der Waals surface area contributed by atoms with Gasteiger partial charge in [0, 0.05) is 0 Å². The van der Waals surface area contributed by atoms with Gasteiger partial charge in [-0.3, -0.25) is 5.43 Å². The Kier molecular flexibility index (Phi) is 3.05. The van der Waals surface area contributed by atoms with E-state index in [4.69, 9.17) is 10.5 Å². The van der Waals surface area contributed by atoms with Crippen molar-refractivity contribution in [3.8, 4) is 12.1 Å². The van der Waals surface area contributed by atoms with Crippen molar-refractivity contribution < 1.29 is 0 Å². The van der Waals surface area contributed by atoms with Crippen LogP contribution in [0.15, 0.2) is 29.4 Å². The number of nitriles is 2. The lowest BCUT2D eigenvalue weighted by Crippen LogP contribution is -1.87. The second-order valence-corrected chi connectivity index (χ2v) is 2.19. The number of hydrogen-bond donors (Lipinski definition) is 1. The highest BCUT2D eigenvalue weighted by Gasteiger charge is 1.89. The van der Waals surface area contributed by atoms with Gasteiger partial charge in [0.05, 0.1) is 17.3 Å². The van der Waals surface area contributed by atoms with Gasteiger partial charge < -0.3 is 0 Å². The summed E-state index contributed by atoms with van der Waals surface area (Å²) >= 11 is 0. The first-order valence-corrected chi connectivity index (χ1v) is 3.54. The second-order valence-electron chi connectivity index (χ2n) is 2.19. The van der Waals surface area contributed by atoms with Gasteiger partial charge in [0.15, 0.2) is 0 Å². The molecule has 0 bridgehead atoms. The Morgan fingerprint density at radius 2 is 1.92 bits per heavy atom. The Morgan fingerprint density at radius 1 is 1.23 bits per heavy atom. The average molecular weight is 170 g/mol. The number of nitrogens with one attached hydrogen (secondary N) is 1. The SMILES string of the molecule is N#C/C=N/Nc1ccc(C#N)cc1. The molecule has 0 saturated carbocycles. The van der Waals surface area contributed by atoms with Crippen LogP contribution in [0.2, 0.25) is 0 Å². The predicted octanol–water partition coefficient (Wildman–Crippen LogP) is 1.48. The maximum Gasteiger partial charge on any atom is 0.124 e. The molecular formula is C9H6N4. The number of hydrazone groups is 1. The Labute approximate surface area is 75.7 Å². The third-order valence-corrected chi connectivity index (χ3v) is 1.33. The van der Waals surface area contributed by atoms with Crippen LogP contribution >= 0.6 is 0 Å². The molecule has 4 heteroatoms. The quantitative estimate of drug-likeness (QED) is 0.539. The van der Waals surface area contributed by atoms with E-state index in [1.54, 1.807) is 30.3 Å². The number of rotatable bonds is 2. The van der Waals surface area contributed by atoms with E-state index in [1.165, 1.54) is 0 Å². The summed E-state index contributed by atoms with van der Waals surface area (Å²) in [4.78, 5) is 0. The van der Waals surface area contributed by atoms with Gasteiger partial charge in [-0.2, -0.15) is 15.6 Å². The monoisotopic (exact) mass is 170 g/mol. The number of hydrogen-bond acceptors (Lipinski definition) is 4. The van der Waals surface area contributed by atoms with Crippen LogP contribution in [0.25, 0.3) is 0 Å². The van der Waals surface area contributed by atoms with E-state index in [9.17, 15) is 0 Å². The van der Waals surface area contributed by atoms with Gasteiger partial charge in [-0.1, -0.05) is 0 Å². The molecule has 1 N–H and O–H groups in total. The minimum Gasteiger partial charge on any atom is -0.278 e. The first-order valence-electron chi connectivity index (χ1n) is 3.54. The minimum atomic E-state index is 0.592. The van der Waals surface area contributed by atoms with Crippen molar-refractivity contribution in [2.45, 2.75) is 0 Å². The highest BCUT2D eigenvalue weighted by Crippen LogP contribution is 2.07. The van der Waals surface area contributed by atoms with Crippen LogP contribution in [0.1, 0.15) is 5.56 Å². The van der Waals surface area contributed by atoms with Crippen molar-refractivity contribution in [2.24, 2.45) is 5.10 Å². The Bertz CT molecular complexity index is 378. The zero-order chi connectivity index (χ0) is 9.52. The summed E-state index contributed by atoms with van der Waals surface area (Å²) in [6, 6.07) is 10.5. The van der Waals surface area contributed by atoms with Crippen LogP contribution in [0.5, 0.6) is 0 Å². The molecule has 62 valence electrons. The van der Waals surface area contributed by atoms with E-state index < -0.39 is 0 Å². The van der Waals surface area contributed by atoms with Crippen molar-refractivity contribution in [1.29, 1.82) is 10.5 Å². The third kappa shape index (κ3) is 2.64. The predicted molar refractivity (Wildman–Crippen MR) is 48.9 cm³/mol. The summed E-state index contributed by atoms with van der Waals surface area (Å²) in [5.41, 5.74) is 3.97. The largest absolute Gasteiger partial charge is 0.278 e. The normalized spacial score (nSPS) is 9.08. The number of benzene rings is 1. The number of nitrogens with zero attached hydrogens (tertiary/aromatic N) is 3. The summed E-state index contributed by atoms with van der Waals surface area (Å²) in [5, 5.41) is 20.2. The highest BCUT2D eigenvalue weighted by atomic mass is 15.3. The Balaban J connectivity index is 2.67. The first kappa shape index (κ1) is 8.76. The molecule has 0 heterocycles. The zero-order valence-corrected chi connectivity index (χ0v) is 6.73. The minimum absolute atomic E-state index is 0.592. The molecule has 0 aromatic heterocycles. The molecule has 1 aromatic rings. The van der Waals surface area contributed by atoms with E-state index in [1.807, 2.05) is 6.07 Å². The lowest BCUT2D eigenvalue weighted by atomic mass is 10.2. The zero-order valence-electron chi connectivity index (χ0n) is 6.73. The lowest BCUT2D eigenvalue weighted by molar-refractivity contribution is 1.35. The van der Waals surface area contributed by atoms with Gasteiger partial charge >= 0.3 is 0 Å².